The standard InChI is InChI=1S/C8H13BN2O/c1-7(11-9-12-2)8-5-3-4-6-10-8/h3-7,9,11H,1-2H3/t7-/m0/s1. The largest absolute Gasteiger partial charge is 0.427 e. The first-order valence-corrected chi connectivity index (χ1v) is 3.98. The molecule has 0 unspecified atom stereocenters. The lowest BCUT2D eigenvalue weighted by Crippen LogP contribution is -2.24. The molecular formula is C8H13BN2O. The van der Waals surface area contributed by atoms with Crippen LogP contribution in [0.4, 0.5) is 0 Å². The van der Waals surface area contributed by atoms with E-state index >= 15 is 0 Å². The third-order valence-electron chi connectivity index (χ3n) is 1.67. The zero-order chi connectivity index (χ0) is 8.81. The van der Waals surface area contributed by atoms with Crippen LogP contribution in [0.1, 0.15) is 18.7 Å². The van der Waals surface area contributed by atoms with Crippen molar-refractivity contribution in [2.75, 3.05) is 7.11 Å². The van der Waals surface area contributed by atoms with Crippen molar-refractivity contribution in [3.63, 3.8) is 0 Å². The third kappa shape index (κ3) is 2.64. The van der Waals surface area contributed by atoms with Gasteiger partial charge in [0.05, 0.1) is 5.69 Å². The highest BCUT2D eigenvalue weighted by molar-refractivity contribution is 6.23. The molecule has 0 saturated carbocycles. The van der Waals surface area contributed by atoms with Crippen molar-refractivity contribution in [2.24, 2.45) is 0 Å². The Labute approximate surface area is 73.5 Å². The third-order valence-corrected chi connectivity index (χ3v) is 1.67. The van der Waals surface area contributed by atoms with E-state index in [1.54, 1.807) is 13.3 Å². The fourth-order valence-corrected chi connectivity index (χ4v) is 0.945. The maximum atomic E-state index is 4.90. The average Bonchev–Trinajstić information content (AvgIpc) is 2.15. The summed E-state index contributed by atoms with van der Waals surface area (Å²) in [5.74, 6) is 0. The molecule has 0 fully saturated rings. The van der Waals surface area contributed by atoms with E-state index in [0.29, 0.717) is 7.62 Å². The predicted molar refractivity (Wildman–Crippen MR) is 49.9 cm³/mol. The molecule has 0 aromatic carbocycles. The van der Waals surface area contributed by atoms with Gasteiger partial charge in [-0.2, -0.15) is 0 Å². The molecule has 64 valence electrons. The summed E-state index contributed by atoms with van der Waals surface area (Å²) in [6.45, 7) is 2.06. The first kappa shape index (κ1) is 9.22. The van der Waals surface area contributed by atoms with Gasteiger partial charge in [-0.3, -0.25) is 4.98 Å². The molecule has 0 bridgehead atoms. The Kier molecular flexibility index (Phi) is 3.77. The van der Waals surface area contributed by atoms with Crippen LogP contribution in [-0.2, 0) is 4.65 Å². The Balaban J connectivity index is 2.48. The molecule has 12 heavy (non-hydrogen) atoms. The number of aromatic nitrogens is 1. The highest BCUT2D eigenvalue weighted by Gasteiger charge is 2.04. The normalized spacial score (nSPS) is 12.5. The van der Waals surface area contributed by atoms with Crippen molar-refractivity contribution < 1.29 is 4.65 Å². The monoisotopic (exact) mass is 164 g/mol. The zero-order valence-electron chi connectivity index (χ0n) is 7.45. The summed E-state index contributed by atoms with van der Waals surface area (Å²) in [6, 6.07) is 6.12. The smallest absolute Gasteiger partial charge is 0.361 e. The second kappa shape index (κ2) is 4.90. The first-order valence-electron chi connectivity index (χ1n) is 3.98. The molecule has 1 aromatic rings. The molecule has 0 radical (unpaired) electrons. The van der Waals surface area contributed by atoms with Crippen molar-refractivity contribution in [1.29, 1.82) is 0 Å². The summed E-state index contributed by atoms with van der Waals surface area (Å²) >= 11 is 0. The zero-order valence-corrected chi connectivity index (χ0v) is 7.45. The van der Waals surface area contributed by atoms with Crippen molar-refractivity contribution in [3.05, 3.63) is 30.1 Å². The van der Waals surface area contributed by atoms with Gasteiger partial charge in [-0.15, -0.1) is 0 Å². The van der Waals surface area contributed by atoms with Gasteiger partial charge in [-0.25, -0.2) is 0 Å². The molecule has 1 heterocycles. The molecular weight excluding hydrogens is 151 g/mol. The summed E-state index contributed by atoms with van der Waals surface area (Å²) in [5, 5.41) is 3.16. The summed E-state index contributed by atoms with van der Waals surface area (Å²) < 4.78 is 4.90. The minimum atomic E-state index is 0.242. The molecule has 0 saturated heterocycles. The van der Waals surface area contributed by atoms with Crippen LogP contribution < -0.4 is 5.23 Å². The van der Waals surface area contributed by atoms with E-state index in [2.05, 4.69) is 17.1 Å². The Morgan fingerprint density at radius 2 is 2.42 bits per heavy atom. The van der Waals surface area contributed by atoms with Gasteiger partial charge >= 0.3 is 7.62 Å². The van der Waals surface area contributed by atoms with E-state index < -0.39 is 0 Å². The van der Waals surface area contributed by atoms with E-state index in [1.807, 2.05) is 18.2 Å². The molecule has 1 aromatic heterocycles. The number of hydrogen-bond acceptors (Lipinski definition) is 3. The molecule has 4 heteroatoms. The molecule has 0 aliphatic carbocycles. The Hall–Kier alpha value is -0.865. The van der Waals surface area contributed by atoms with Crippen molar-refractivity contribution in [3.8, 4) is 0 Å². The maximum Gasteiger partial charge on any atom is 0.361 e. The molecule has 0 amide bonds. The Morgan fingerprint density at radius 1 is 1.58 bits per heavy atom. The SMILES string of the molecule is COBN[C@@H](C)c1ccccn1. The molecule has 1 N–H and O–H groups in total. The highest BCUT2D eigenvalue weighted by Crippen LogP contribution is 2.06. The van der Waals surface area contributed by atoms with E-state index in [1.165, 1.54) is 0 Å². The Morgan fingerprint density at radius 3 is 3.00 bits per heavy atom. The number of nitrogens with zero attached hydrogens (tertiary/aromatic N) is 1. The van der Waals surface area contributed by atoms with Crippen LogP contribution in [0.15, 0.2) is 24.4 Å². The van der Waals surface area contributed by atoms with E-state index in [0.717, 1.165) is 5.69 Å². The number of hydrogen-bond donors (Lipinski definition) is 1. The van der Waals surface area contributed by atoms with Gasteiger partial charge in [-0.1, -0.05) is 6.07 Å². The second-order valence-electron chi connectivity index (χ2n) is 2.61. The minimum absolute atomic E-state index is 0.242. The first-order chi connectivity index (χ1) is 5.84. The van der Waals surface area contributed by atoms with Gasteiger partial charge in [0.2, 0.25) is 0 Å². The van der Waals surface area contributed by atoms with Crippen LogP contribution in [0.25, 0.3) is 0 Å². The van der Waals surface area contributed by atoms with Crippen molar-refractivity contribution in [2.45, 2.75) is 13.0 Å². The molecule has 0 spiro atoms. The number of pyridine rings is 1. The summed E-state index contributed by atoms with van der Waals surface area (Å²) in [4.78, 5) is 4.21. The van der Waals surface area contributed by atoms with Crippen LogP contribution in [0.5, 0.6) is 0 Å². The molecule has 1 rings (SSSR count). The molecule has 0 aliphatic rings. The fourth-order valence-electron chi connectivity index (χ4n) is 0.945. The number of rotatable bonds is 4. The van der Waals surface area contributed by atoms with Crippen LogP contribution in [-0.4, -0.2) is 19.7 Å². The van der Waals surface area contributed by atoms with Gasteiger partial charge in [0.25, 0.3) is 0 Å². The summed E-state index contributed by atoms with van der Waals surface area (Å²) in [7, 11) is 2.22. The van der Waals surface area contributed by atoms with Crippen LogP contribution in [0, 0.1) is 0 Å². The predicted octanol–water partition coefficient (Wildman–Crippen LogP) is 0.645. The van der Waals surface area contributed by atoms with Crippen molar-refractivity contribution >= 4 is 7.62 Å². The van der Waals surface area contributed by atoms with E-state index in [4.69, 9.17) is 4.65 Å². The lowest BCUT2D eigenvalue weighted by molar-refractivity contribution is 0.423. The second-order valence-corrected chi connectivity index (χ2v) is 2.61. The van der Waals surface area contributed by atoms with E-state index in [9.17, 15) is 0 Å². The van der Waals surface area contributed by atoms with Gasteiger partial charge < -0.3 is 9.88 Å². The van der Waals surface area contributed by atoms with Crippen LogP contribution in [0.2, 0.25) is 0 Å². The van der Waals surface area contributed by atoms with Gasteiger partial charge in [0.15, 0.2) is 0 Å². The van der Waals surface area contributed by atoms with Crippen molar-refractivity contribution in [1.82, 2.24) is 10.2 Å². The average molecular weight is 164 g/mol. The molecule has 1 atom stereocenters. The maximum absolute atomic E-state index is 4.90. The van der Waals surface area contributed by atoms with E-state index in [-0.39, 0.29) is 6.04 Å². The Bertz CT molecular complexity index is 218. The highest BCUT2D eigenvalue weighted by atomic mass is 16.4. The van der Waals surface area contributed by atoms with Crippen LogP contribution in [0.3, 0.4) is 0 Å². The van der Waals surface area contributed by atoms with Crippen LogP contribution >= 0.6 is 0 Å². The topological polar surface area (TPSA) is 34.1 Å². The molecule has 3 nitrogen and oxygen atoms in total. The lowest BCUT2D eigenvalue weighted by atomic mass is 10.1. The number of nitrogens with one attached hydrogen (secondary N) is 1. The quantitative estimate of drug-likeness (QED) is 0.663. The van der Waals surface area contributed by atoms with Gasteiger partial charge in [0, 0.05) is 19.3 Å². The summed E-state index contributed by atoms with van der Waals surface area (Å²) in [5.41, 5.74) is 1.04. The fraction of sp³-hybridized carbons (Fsp3) is 0.375. The van der Waals surface area contributed by atoms with Gasteiger partial charge in [0.1, 0.15) is 0 Å². The summed E-state index contributed by atoms with van der Waals surface area (Å²) in [6.07, 6.45) is 1.79. The molecule has 0 aliphatic heterocycles. The van der Waals surface area contributed by atoms with Gasteiger partial charge in [-0.05, 0) is 19.1 Å². The lowest BCUT2D eigenvalue weighted by Gasteiger charge is -2.10. The minimum Gasteiger partial charge on any atom is -0.427 e.